The molecule has 0 aromatic carbocycles. The number of rotatable bonds is 7. The van der Waals surface area contributed by atoms with Gasteiger partial charge in [-0.25, -0.2) is 0 Å². The Balaban J connectivity index is 0.00000384. The fourth-order valence-corrected chi connectivity index (χ4v) is 11.8. The van der Waals surface area contributed by atoms with Crippen molar-refractivity contribution in [1.82, 2.24) is 4.90 Å². The van der Waals surface area contributed by atoms with Gasteiger partial charge in [-0.3, -0.25) is 14.5 Å². The number of fused-ring (bicyclic) bond motifs is 5. The molecule has 44 heavy (non-hydrogen) atoms. The highest BCUT2D eigenvalue weighted by molar-refractivity contribution is 5.69. The van der Waals surface area contributed by atoms with Crippen molar-refractivity contribution in [2.45, 2.75) is 123 Å². The molecular formula is C36H59BrN2O5. The molecule has 8 heteroatoms. The Morgan fingerprint density at radius 3 is 2.39 bits per heavy atom. The van der Waals surface area contributed by atoms with Gasteiger partial charge in [-0.1, -0.05) is 27.4 Å². The van der Waals surface area contributed by atoms with Crippen molar-refractivity contribution in [2.24, 2.45) is 34.5 Å². The highest BCUT2D eigenvalue weighted by Gasteiger charge is 2.67. The Kier molecular flexibility index (Phi) is 10.7. The van der Waals surface area contributed by atoms with Gasteiger partial charge in [0.15, 0.2) is 6.10 Å². The predicted molar refractivity (Wildman–Crippen MR) is 167 cm³/mol. The minimum Gasteiger partial charge on any atom is -1.00 e. The van der Waals surface area contributed by atoms with Crippen LogP contribution in [-0.2, 0) is 23.8 Å². The van der Waals surface area contributed by atoms with Crippen LogP contribution in [0.2, 0.25) is 0 Å². The molecule has 0 spiro atoms. The summed E-state index contributed by atoms with van der Waals surface area (Å²) in [5, 5.41) is 0. The van der Waals surface area contributed by atoms with Crippen molar-refractivity contribution >= 4 is 11.9 Å². The van der Waals surface area contributed by atoms with E-state index in [2.05, 4.69) is 31.4 Å². The molecule has 0 aromatic rings. The third-order valence-corrected chi connectivity index (χ3v) is 13.9. The summed E-state index contributed by atoms with van der Waals surface area (Å²) in [4.78, 5) is 27.8. The first-order valence-electron chi connectivity index (χ1n) is 17.8. The molecular weight excluding hydrogens is 620 g/mol. The maximum absolute atomic E-state index is 13.0. The van der Waals surface area contributed by atoms with Crippen LogP contribution in [0.1, 0.15) is 98.3 Å². The molecule has 0 unspecified atom stereocenters. The number of quaternary nitrogens is 1. The molecule has 6 aliphatic rings. The number of esters is 2. The van der Waals surface area contributed by atoms with Crippen LogP contribution in [0.3, 0.4) is 0 Å². The van der Waals surface area contributed by atoms with Gasteiger partial charge in [0.2, 0.25) is 0 Å². The molecule has 2 saturated heterocycles. The lowest BCUT2D eigenvalue weighted by Crippen LogP contribution is -3.00. The van der Waals surface area contributed by atoms with Crippen molar-refractivity contribution in [3.05, 3.63) is 12.7 Å². The van der Waals surface area contributed by atoms with E-state index < -0.39 is 0 Å². The number of ether oxygens (including phenoxy) is 3. The molecule has 0 bridgehead atoms. The van der Waals surface area contributed by atoms with Crippen LogP contribution in [0.5, 0.6) is 0 Å². The third kappa shape index (κ3) is 5.96. The summed E-state index contributed by atoms with van der Waals surface area (Å²) in [6.45, 7) is 19.6. The topological polar surface area (TPSA) is 65.1 Å². The predicted octanol–water partition coefficient (Wildman–Crippen LogP) is 2.76. The van der Waals surface area contributed by atoms with E-state index in [1.165, 1.54) is 58.0 Å². The maximum atomic E-state index is 13.0. The maximum Gasteiger partial charge on any atom is 0.306 e. The summed E-state index contributed by atoms with van der Waals surface area (Å²) in [6.07, 6.45) is 14.5. The minimum absolute atomic E-state index is 0. The summed E-state index contributed by atoms with van der Waals surface area (Å²) < 4.78 is 19.4. The fraction of sp³-hybridized carbons (Fsp3) is 0.889. The van der Waals surface area contributed by atoms with Gasteiger partial charge in [-0.2, -0.15) is 0 Å². The van der Waals surface area contributed by atoms with Crippen molar-refractivity contribution in [3.63, 3.8) is 0 Å². The Labute approximate surface area is 277 Å². The van der Waals surface area contributed by atoms with E-state index in [-0.39, 0.29) is 58.0 Å². The summed E-state index contributed by atoms with van der Waals surface area (Å²) in [7, 11) is 0. The minimum atomic E-state index is -0.145. The summed E-state index contributed by atoms with van der Waals surface area (Å²) in [5.74, 6) is 2.33. The lowest BCUT2D eigenvalue weighted by atomic mass is 9.44. The van der Waals surface area contributed by atoms with E-state index >= 15 is 0 Å². The van der Waals surface area contributed by atoms with Gasteiger partial charge in [0, 0.05) is 44.3 Å². The largest absolute Gasteiger partial charge is 1.00 e. The van der Waals surface area contributed by atoms with Crippen LogP contribution >= 0.6 is 0 Å². The third-order valence-electron chi connectivity index (χ3n) is 13.9. The smallest absolute Gasteiger partial charge is 0.306 e. The molecule has 250 valence electrons. The molecule has 7 nitrogen and oxygen atoms in total. The lowest BCUT2D eigenvalue weighted by molar-refractivity contribution is -0.952. The molecule has 6 rings (SSSR count). The van der Waals surface area contributed by atoms with Crippen molar-refractivity contribution in [2.75, 3.05) is 45.9 Å². The second kappa shape index (κ2) is 13.6. The van der Waals surface area contributed by atoms with Crippen LogP contribution in [0, 0.1) is 34.5 Å². The van der Waals surface area contributed by atoms with Gasteiger partial charge in [-0.15, -0.1) is 0 Å². The van der Waals surface area contributed by atoms with Crippen molar-refractivity contribution in [3.8, 4) is 0 Å². The molecule has 0 radical (unpaired) electrons. The van der Waals surface area contributed by atoms with Crippen LogP contribution in [0.25, 0.3) is 0 Å². The number of carbonyl (C=O) groups is 2. The Bertz CT molecular complexity index is 1040. The van der Waals surface area contributed by atoms with Crippen LogP contribution in [-0.4, -0.2) is 91.6 Å². The summed E-state index contributed by atoms with van der Waals surface area (Å²) in [5.41, 5.74) is 0.262. The molecule has 10 atom stereocenters. The Morgan fingerprint density at radius 2 is 1.73 bits per heavy atom. The second-order valence-electron chi connectivity index (χ2n) is 15.8. The monoisotopic (exact) mass is 678 g/mol. The van der Waals surface area contributed by atoms with E-state index in [1.807, 2.05) is 6.92 Å². The standard InChI is InChI=1S/C36H59N2O5.BrH/c1-6-17-38(18-9-8-10-19-38)31-23-29-27-12-11-26-22-32(42-25(3)39)30(37-15-20-41-21-16-37)24-36(26,5)28(27)13-14-35(29,4)34(31)43-33(40)7-2;/h6,26-32,34H,1,7-24H2,2-5H3;1H/q+1;/p-1/t26-,27+,28-,29-,30-,31-,32-,34-,35-,36-;/m0./s1. The molecule has 0 amide bonds. The molecule has 2 heterocycles. The number of morpholine rings is 1. The van der Waals surface area contributed by atoms with Gasteiger partial charge in [0.25, 0.3) is 0 Å². The molecule has 4 aliphatic carbocycles. The number of likely N-dealkylation sites (tertiary alicyclic amines) is 1. The molecule has 0 aromatic heterocycles. The summed E-state index contributed by atoms with van der Waals surface area (Å²) in [6, 6.07) is 0.638. The number of piperidine rings is 1. The lowest BCUT2D eigenvalue weighted by Gasteiger charge is -2.62. The number of hydrogen-bond donors (Lipinski definition) is 0. The second-order valence-corrected chi connectivity index (χ2v) is 15.8. The quantitative estimate of drug-likeness (QED) is 0.235. The van der Waals surface area contributed by atoms with Crippen molar-refractivity contribution in [1.29, 1.82) is 0 Å². The first-order chi connectivity index (χ1) is 20.6. The SMILES string of the molecule is C=CC[N+]1([C@H]2C[C@H]3[C@@H]4CC[C@H]5C[C@H](OC(C)=O)[C@@H](N6CCOCC6)C[C@]5(C)[C@H]4CC[C@]3(C)[C@H]2OC(=O)CC)CCCCC1.[Br-]. The van der Waals surface area contributed by atoms with E-state index in [1.54, 1.807) is 6.92 Å². The first kappa shape index (κ1) is 34.4. The van der Waals surface area contributed by atoms with E-state index in [0.29, 0.717) is 36.1 Å². The number of halogens is 1. The zero-order valence-electron chi connectivity index (χ0n) is 27.9. The highest BCUT2D eigenvalue weighted by Crippen LogP contribution is 2.67. The zero-order valence-corrected chi connectivity index (χ0v) is 29.5. The van der Waals surface area contributed by atoms with Gasteiger partial charge in [0.1, 0.15) is 12.1 Å². The van der Waals surface area contributed by atoms with Gasteiger partial charge in [-0.05, 0) is 93.0 Å². The van der Waals surface area contributed by atoms with Gasteiger partial charge < -0.3 is 35.7 Å². The average molecular weight is 680 g/mol. The molecule has 0 N–H and O–H groups in total. The molecule has 6 fully saturated rings. The van der Waals surface area contributed by atoms with Crippen LogP contribution in [0.15, 0.2) is 12.7 Å². The van der Waals surface area contributed by atoms with E-state index in [0.717, 1.165) is 56.6 Å². The highest BCUT2D eigenvalue weighted by atomic mass is 79.9. The van der Waals surface area contributed by atoms with Gasteiger partial charge in [0.05, 0.1) is 32.8 Å². The zero-order chi connectivity index (χ0) is 30.4. The Hall–Kier alpha value is -0.960. The van der Waals surface area contributed by atoms with E-state index in [9.17, 15) is 9.59 Å². The van der Waals surface area contributed by atoms with Crippen LogP contribution in [0.4, 0.5) is 0 Å². The number of carbonyl (C=O) groups excluding carboxylic acids is 2. The van der Waals surface area contributed by atoms with E-state index in [4.69, 9.17) is 14.2 Å². The number of nitrogens with zero attached hydrogens (tertiary/aromatic N) is 2. The normalized spacial score (nSPS) is 43.4. The van der Waals surface area contributed by atoms with Gasteiger partial charge >= 0.3 is 11.9 Å². The first-order valence-corrected chi connectivity index (χ1v) is 17.8. The Morgan fingerprint density at radius 1 is 1.00 bits per heavy atom. The fourth-order valence-electron chi connectivity index (χ4n) is 11.8. The number of hydrogen-bond acceptors (Lipinski definition) is 6. The van der Waals surface area contributed by atoms with Crippen LogP contribution < -0.4 is 17.0 Å². The molecule has 2 aliphatic heterocycles. The molecule has 4 saturated carbocycles. The van der Waals surface area contributed by atoms with Crippen molar-refractivity contribution < 1.29 is 45.3 Å². The summed E-state index contributed by atoms with van der Waals surface area (Å²) >= 11 is 0. The average Bonchev–Trinajstić information content (AvgIpc) is 3.30.